The zero-order valence-electron chi connectivity index (χ0n) is 13.7. The maximum absolute atomic E-state index is 12.3. The standard InChI is InChI=1S/C18H20N4O2/c1-12-5-6-16(8-13(12)2)22-11-15(9-17(22)23)21-18(24)20-14-4-3-7-19-10-14/h3-8,10,15H,9,11H2,1-2H3,(H2,20,21,24). The van der Waals surface area contributed by atoms with Crippen LogP contribution < -0.4 is 15.5 Å². The summed E-state index contributed by atoms with van der Waals surface area (Å²) in [5.41, 5.74) is 3.83. The van der Waals surface area contributed by atoms with Gasteiger partial charge in [-0.1, -0.05) is 6.07 Å². The Bertz CT molecular complexity index is 761. The molecular weight excluding hydrogens is 304 g/mol. The average molecular weight is 324 g/mol. The van der Waals surface area contributed by atoms with Crippen molar-refractivity contribution in [3.05, 3.63) is 53.9 Å². The van der Waals surface area contributed by atoms with Crippen LogP contribution >= 0.6 is 0 Å². The summed E-state index contributed by atoms with van der Waals surface area (Å²) in [5.74, 6) is 0.0185. The van der Waals surface area contributed by atoms with Crippen LogP contribution in [0.3, 0.4) is 0 Å². The van der Waals surface area contributed by atoms with Gasteiger partial charge in [0.1, 0.15) is 0 Å². The van der Waals surface area contributed by atoms with Gasteiger partial charge in [-0.25, -0.2) is 4.79 Å². The van der Waals surface area contributed by atoms with Crippen molar-refractivity contribution in [3.63, 3.8) is 0 Å². The van der Waals surface area contributed by atoms with E-state index in [1.807, 2.05) is 32.0 Å². The Morgan fingerprint density at radius 1 is 1.25 bits per heavy atom. The first-order chi connectivity index (χ1) is 11.5. The van der Waals surface area contributed by atoms with Crippen molar-refractivity contribution >= 4 is 23.3 Å². The van der Waals surface area contributed by atoms with Gasteiger partial charge in [0.25, 0.3) is 0 Å². The molecule has 1 aliphatic heterocycles. The lowest BCUT2D eigenvalue weighted by molar-refractivity contribution is -0.117. The number of anilines is 2. The van der Waals surface area contributed by atoms with E-state index in [1.54, 1.807) is 29.4 Å². The van der Waals surface area contributed by atoms with E-state index in [-0.39, 0.29) is 18.0 Å². The Balaban J connectivity index is 1.62. The van der Waals surface area contributed by atoms with Crippen LogP contribution in [-0.4, -0.2) is 29.5 Å². The third kappa shape index (κ3) is 3.53. The van der Waals surface area contributed by atoms with Crippen LogP contribution in [-0.2, 0) is 4.79 Å². The normalized spacial score (nSPS) is 17.0. The second kappa shape index (κ2) is 6.70. The van der Waals surface area contributed by atoms with E-state index >= 15 is 0 Å². The van der Waals surface area contributed by atoms with E-state index in [0.717, 1.165) is 11.3 Å². The van der Waals surface area contributed by atoms with Crippen molar-refractivity contribution < 1.29 is 9.59 Å². The number of nitrogens with zero attached hydrogens (tertiary/aromatic N) is 2. The lowest BCUT2D eigenvalue weighted by atomic mass is 10.1. The minimum atomic E-state index is -0.331. The molecule has 0 aliphatic carbocycles. The van der Waals surface area contributed by atoms with Crippen molar-refractivity contribution in [1.29, 1.82) is 0 Å². The Labute approximate surface area is 140 Å². The number of benzene rings is 1. The summed E-state index contributed by atoms with van der Waals surface area (Å²) < 4.78 is 0. The zero-order chi connectivity index (χ0) is 17.1. The zero-order valence-corrected chi connectivity index (χ0v) is 13.7. The summed E-state index contributed by atoms with van der Waals surface area (Å²) in [6.07, 6.45) is 3.51. The molecule has 1 saturated heterocycles. The number of carbonyl (C=O) groups excluding carboxylic acids is 2. The highest BCUT2D eigenvalue weighted by Crippen LogP contribution is 2.24. The molecule has 1 atom stereocenters. The maximum Gasteiger partial charge on any atom is 0.319 e. The van der Waals surface area contributed by atoms with Crippen LogP contribution in [0.25, 0.3) is 0 Å². The molecule has 1 aliphatic rings. The predicted molar refractivity (Wildman–Crippen MR) is 93.1 cm³/mol. The monoisotopic (exact) mass is 324 g/mol. The Morgan fingerprint density at radius 2 is 2.08 bits per heavy atom. The number of carbonyl (C=O) groups is 2. The number of aromatic nitrogens is 1. The second-order valence-electron chi connectivity index (χ2n) is 6.01. The molecule has 0 spiro atoms. The number of urea groups is 1. The van der Waals surface area contributed by atoms with Gasteiger partial charge in [0, 0.05) is 24.8 Å². The van der Waals surface area contributed by atoms with Crippen molar-refractivity contribution in [2.75, 3.05) is 16.8 Å². The fraction of sp³-hybridized carbons (Fsp3) is 0.278. The molecule has 1 unspecified atom stereocenters. The van der Waals surface area contributed by atoms with E-state index in [1.165, 1.54) is 5.56 Å². The molecule has 1 fully saturated rings. The minimum absolute atomic E-state index is 0.0185. The molecule has 1 aromatic carbocycles. The Hall–Kier alpha value is -2.89. The molecule has 24 heavy (non-hydrogen) atoms. The highest BCUT2D eigenvalue weighted by Gasteiger charge is 2.31. The third-order valence-corrected chi connectivity index (χ3v) is 4.18. The summed E-state index contributed by atoms with van der Waals surface area (Å²) >= 11 is 0. The topological polar surface area (TPSA) is 74.3 Å². The number of aryl methyl sites for hydroxylation is 2. The van der Waals surface area contributed by atoms with Crippen molar-refractivity contribution in [2.24, 2.45) is 0 Å². The molecule has 124 valence electrons. The van der Waals surface area contributed by atoms with Gasteiger partial charge in [-0.3, -0.25) is 9.78 Å². The molecule has 6 nitrogen and oxygen atoms in total. The van der Waals surface area contributed by atoms with Gasteiger partial charge < -0.3 is 15.5 Å². The van der Waals surface area contributed by atoms with Crippen molar-refractivity contribution in [2.45, 2.75) is 26.3 Å². The van der Waals surface area contributed by atoms with Gasteiger partial charge in [0.15, 0.2) is 0 Å². The van der Waals surface area contributed by atoms with Crippen LogP contribution in [0.15, 0.2) is 42.7 Å². The number of nitrogens with one attached hydrogen (secondary N) is 2. The third-order valence-electron chi connectivity index (χ3n) is 4.18. The SMILES string of the molecule is Cc1ccc(N2CC(NC(=O)Nc3cccnc3)CC2=O)cc1C. The van der Waals surface area contributed by atoms with Crippen molar-refractivity contribution in [1.82, 2.24) is 10.3 Å². The summed E-state index contributed by atoms with van der Waals surface area (Å²) in [4.78, 5) is 30.0. The van der Waals surface area contributed by atoms with E-state index in [4.69, 9.17) is 0 Å². The predicted octanol–water partition coefficient (Wildman–Crippen LogP) is 2.63. The van der Waals surface area contributed by atoms with Gasteiger partial charge in [0.05, 0.1) is 17.9 Å². The molecule has 2 N–H and O–H groups in total. The lowest BCUT2D eigenvalue weighted by Crippen LogP contribution is -2.39. The van der Waals surface area contributed by atoms with Gasteiger partial charge in [-0.15, -0.1) is 0 Å². The first-order valence-electron chi connectivity index (χ1n) is 7.88. The van der Waals surface area contributed by atoms with Gasteiger partial charge in [0.2, 0.25) is 5.91 Å². The molecule has 2 heterocycles. The Morgan fingerprint density at radius 3 is 2.79 bits per heavy atom. The molecule has 2 aromatic rings. The van der Waals surface area contributed by atoms with E-state index in [9.17, 15) is 9.59 Å². The highest BCUT2D eigenvalue weighted by molar-refractivity contribution is 5.97. The smallest absolute Gasteiger partial charge is 0.319 e. The van der Waals surface area contributed by atoms with Crippen LogP contribution in [0.1, 0.15) is 17.5 Å². The van der Waals surface area contributed by atoms with E-state index in [2.05, 4.69) is 15.6 Å². The molecular formula is C18H20N4O2. The fourth-order valence-corrected chi connectivity index (χ4v) is 2.74. The molecule has 0 radical (unpaired) electrons. The average Bonchev–Trinajstić information content (AvgIpc) is 2.91. The summed E-state index contributed by atoms with van der Waals surface area (Å²) in [6, 6.07) is 8.92. The van der Waals surface area contributed by atoms with Crippen molar-refractivity contribution in [3.8, 4) is 0 Å². The van der Waals surface area contributed by atoms with Gasteiger partial charge in [-0.2, -0.15) is 0 Å². The Kier molecular flexibility index (Phi) is 4.46. The number of pyridine rings is 1. The number of amides is 3. The van der Waals surface area contributed by atoms with E-state index < -0.39 is 0 Å². The molecule has 6 heteroatoms. The lowest BCUT2D eigenvalue weighted by Gasteiger charge is -2.18. The molecule has 3 amide bonds. The van der Waals surface area contributed by atoms with Crippen LogP contribution in [0.4, 0.5) is 16.2 Å². The maximum atomic E-state index is 12.3. The van der Waals surface area contributed by atoms with Gasteiger partial charge >= 0.3 is 6.03 Å². The summed E-state index contributed by atoms with van der Waals surface area (Å²) in [6.45, 7) is 4.54. The molecule has 1 aromatic heterocycles. The van der Waals surface area contributed by atoms with Crippen LogP contribution in [0, 0.1) is 13.8 Å². The van der Waals surface area contributed by atoms with Crippen LogP contribution in [0.2, 0.25) is 0 Å². The first kappa shape index (κ1) is 16.0. The summed E-state index contributed by atoms with van der Waals surface area (Å²) in [7, 11) is 0. The van der Waals surface area contributed by atoms with Crippen LogP contribution in [0.5, 0.6) is 0 Å². The fourth-order valence-electron chi connectivity index (χ4n) is 2.74. The highest BCUT2D eigenvalue weighted by atomic mass is 16.2. The number of hydrogen-bond donors (Lipinski definition) is 2. The summed E-state index contributed by atoms with van der Waals surface area (Å²) in [5, 5.41) is 5.56. The molecule has 0 saturated carbocycles. The van der Waals surface area contributed by atoms with Gasteiger partial charge in [-0.05, 0) is 49.2 Å². The first-order valence-corrected chi connectivity index (χ1v) is 7.88. The minimum Gasteiger partial charge on any atom is -0.333 e. The molecule has 3 rings (SSSR count). The van der Waals surface area contributed by atoms with E-state index in [0.29, 0.717) is 18.7 Å². The quantitative estimate of drug-likeness (QED) is 0.911. The molecule has 0 bridgehead atoms. The second-order valence-corrected chi connectivity index (χ2v) is 6.01. The number of hydrogen-bond acceptors (Lipinski definition) is 3. The number of rotatable bonds is 3. The largest absolute Gasteiger partial charge is 0.333 e.